The van der Waals surface area contributed by atoms with Crippen LogP contribution in [0.25, 0.3) is 11.3 Å². The number of hydrogen-bond acceptors (Lipinski definition) is 4. The summed E-state index contributed by atoms with van der Waals surface area (Å²) < 4.78 is 5.25. The number of ether oxygens (including phenoxy) is 1. The number of carbonyl (C=O) groups excluding carboxylic acids is 1. The van der Waals surface area contributed by atoms with Crippen LogP contribution in [0.3, 0.4) is 0 Å². The molecule has 1 N–H and O–H groups in total. The van der Waals surface area contributed by atoms with Gasteiger partial charge in [-0.05, 0) is 38.9 Å². The number of aromatic amines is 1. The Kier molecular flexibility index (Phi) is 6.29. The second-order valence-electron chi connectivity index (χ2n) is 7.55. The van der Waals surface area contributed by atoms with Crippen molar-refractivity contribution in [2.75, 3.05) is 33.8 Å². The molecule has 0 unspecified atom stereocenters. The Morgan fingerprint density at radius 1 is 1.33 bits per heavy atom. The molecule has 6 nitrogen and oxygen atoms in total. The molecule has 146 valence electrons. The maximum Gasteiger partial charge on any atom is 0.236 e. The van der Waals surface area contributed by atoms with E-state index in [1.54, 1.807) is 7.11 Å². The third kappa shape index (κ3) is 4.57. The van der Waals surface area contributed by atoms with Gasteiger partial charge in [-0.15, -0.1) is 0 Å². The quantitative estimate of drug-likeness (QED) is 0.849. The first-order valence-electron chi connectivity index (χ1n) is 9.62. The first-order chi connectivity index (χ1) is 13.0. The fraction of sp³-hybridized carbons (Fsp3) is 0.524. The zero-order valence-corrected chi connectivity index (χ0v) is 16.8. The third-order valence-corrected chi connectivity index (χ3v) is 5.35. The molecule has 0 saturated heterocycles. The largest absolute Gasteiger partial charge is 0.380 e. The Morgan fingerprint density at radius 3 is 2.85 bits per heavy atom. The van der Waals surface area contributed by atoms with Gasteiger partial charge in [0.15, 0.2) is 0 Å². The van der Waals surface area contributed by atoms with Crippen LogP contribution in [-0.4, -0.2) is 65.7 Å². The van der Waals surface area contributed by atoms with Crippen molar-refractivity contribution < 1.29 is 9.53 Å². The number of hydrogen-bond donors (Lipinski definition) is 1. The number of nitrogens with zero attached hydrogens (tertiary/aromatic N) is 3. The van der Waals surface area contributed by atoms with Crippen molar-refractivity contribution >= 4 is 5.91 Å². The number of fused-ring (bicyclic) bond motifs is 1. The van der Waals surface area contributed by atoms with E-state index in [1.165, 1.54) is 5.56 Å². The first kappa shape index (κ1) is 19.6. The van der Waals surface area contributed by atoms with E-state index in [0.717, 1.165) is 48.4 Å². The first-order valence-corrected chi connectivity index (χ1v) is 9.62. The molecule has 0 aliphatic carbocycles. The number of aromatic nitrogens is 2. The molecule has 1 aromatic heterocycles. The van der Waals surface area contributed by atoms with Crippen LogP contribution in [0.15, 0.2) is 24.3 Å². The van der Waals surface area contributed by atoms with E-state index in [9.17, 15) is 4.79 Å². The van der Waals surface area contributed by atoms with Crippen molar-refractivity contribution in [3.8, 4) is 11.3 Å². The summed E-state index contributed by atoms with van der Waals surface area (Å²) in [5, 5.41) is 7.78. The average Bonchev–Trinajstić information content (AvgIpc) is 2.93. The molecule has 1 aliphatic heterocycles. The Bertz CT molecular complexity index is 784. The van der Waals surface area contributed by atoms with E-state index in [0.29, 0.717) is 19.2 Å². The minimum absolute atomic E-state index is 0.202. The number of carbonyl (C=O) groups is 1. The summed E-state index contributed by atoms with van der Waals surface area (Å²) >= 11 is 0. The molecule has 0 saturated carbocycles. The van der Waals surface area contributed by atoms with Crippen molar-refractivity contribution in [2.24, 2.45) is 0 Å². The lowest BCUT2D eigenvalue weighted by Crippen LogP contribution is -2.42. The maximum absolute atomic E-state index is 12.7. The van der Waals surface area contributed by atoms with Gasteiger partial charge in [-0.2, -0.15) is 5.10 Å². The molecule has 0 fully saturated rings. The van der Waals surface area contributed by atoms with E-state index in [2.05, 4.69) is 47.1 Å². The molecule has 2 heterocycles. The van der Waals surface area contributed by atoms with Gasteiger partial charge in [0.05, 0.1) is 18.8 Å². The maximum atomic E-state index is 12.7. The van der Waals surface area contributed by atoms with Crippen LogP contribution in [0.5, 0.6) is 0 Å². The number of methoxy groups -OCH3 is 1. The van der Waals surface area contributed by atoms with Crippen molar-refractivity contribution in [1.29, 1.82) is 0 Å². The van der Waals surface area contributed by atoms with Gasteiger partial charge < -0.3 is 9.64 Å². The van der Waals surface area contributed by atoms with Gasteiger partial charge in [-0.3, -0.25) is 14.8 Å². The molecule has 1 amide bonds. The second kappa shape index (κ2) is 8.67. The Hall–Kier alpha value is -2.18. The minimum Gasteiger partial charge on any atom is -0.380 e. The molecule has 0 radical (unpaired) electrons. The highest BCUT2D eigenvalue weighted by molar-refractivity contribution is 5.78. The minimum atomic E-state index is 0.202. The van der Waals surface area contributed by atoms with Crippen molar-refractivity contribution in [3.05, 3.63) is 41.1 Å². The van der Waals surface area contributed by atoms with E-state index in [-0.39, 0.29) is 5.91 Å². The predicted molar refractivity (Wildman–Crippen MR) is 106 cm³/mol. The number of H-pyrrole nitrogens is 1. The van der Waals surface area contributed by atoms with Crippen LogP contribution in [0.2, 0.25) is 0 Å². The molecule has 6 heteroatoms. The average molecular weight is 370 g/mol. The lowest BCUT2D eigenvalue weighted by molar-refractivity contribution is -0.132. The number of nitrogens with one attached hydrogen (secondary N) is 1. The topological polar surface area (TPSA) is 61.5 Å². The third-order valence-electron chi connectivity index (χ3n) is 5.35. The van der Waals surface area contributed by atoms with Crippen LogP contribution in [-0.2, 0) is 29.0 Å². The van der Waals surface area contributed by atoms with E-state index < -0.39 is 0 Å². The summed E-state index contributed by atoms with van der Waals surface area (Å²) in [7, 11) is 3.70. The van der Waals surface area contributed by atoms with E-state index >= 15 is 0 Å². The second-order valence-corrected chi connectivity index (χ2v) is 7.55. The lowest BCUT2D eigenvalue weighted by Gasteiger charge is -2.26. The summed E-state index contributed by atoms with van der Waals surface area (Å²) in [6.45, 7) is 6.75. The number of benzene rings is 1. The summed E-state index contributed by atoms with van der Waals surface area (Å²) in [4.78, 5) is 16.7. The summed E-state index contributed by atoms with van der Waals surface area (Å²) in [6.07, 6.45) is 1.64. The summed E-state index contributed by atoms with van der Waals surface area (Å²) in [6, 6.07) is 8.68. The van der Waals surface area contributed by atoms with Crippen molar-refractivity contribution in [1.82, 2.24) is 20.0 Å². The zero-order chi connectivity index (χ0) is 19.4. The predicted octanol–water partition coefficient (Wildman–Crippen LogP) is 2.49. The van der Waals surface area contributed by atoms with Gasteiger partial charge in [0, 0.05) is 49.5 Å². The number of rotatable bonds is 6. The van der Waals surface area contributed by atoms with Gasteiger partial charge in [0.1, 0.15) is 0 Å². The fourth-order valence-corrected chi connectivity index (χ4v) is 3.44. The SMILES string of the molecule is COCc1cccc(-c2n[nH]c3c2CCN(C(=O)CN(C)C(C)C)CC3)c1. The summed E-state index contributed by atoms with van der Waals surface area (Å²) in [5.74, 6) is 0.202. The molecule has 0 spiro atoms. The van der Waals surface area contributed by atoms with E-state index in [4.69, 9.17) is 4.74 Å². The van der Waals surface area contributed by atoms with Gasteiger partial charge in [-0.25, -0.2) is 0 Å². The van der Waals surface area contributed by atoms with Crippen LogP contribution >= 0.6 is 0 Å². The number of amides is 1. The molecular weight excluding hydrogens is 340 g/mol. The molecule has 0 bridgehead atoms. The lowest BCUT2D eigenvalue weighted by atomic mass is 10.0. The zero-order valence-electron chi connectivity index (χ0n) is 16.8. The Morgan fingerprint density at radius 2 is 2.11 bits per heavy atom. The summed E-state index contributed by atoms with van der Waals surface area (Å²) in [5.41, 5.74) is 5.61. The molecule has 0 atom stereocenters. The van der Waals surface area contributed by atoms with E-state index in [1.807, 2.05) is 18.0 Å². The highest BCUT2D eigenvalue weighted by Gasteiger charge is 2.24. The molecule has 1 aliphatic rings. The normalized spacial score (nSPS) is 14.5. The monoisotopic (exact) mass is 370 g/mol. The van der Waals surface area contributed by atoms with Crippen LogP contribution in [0.4, 0.5) is 0 Å². The van der Waals surface area contributed by atoms with Crippen LogP contribution in [0, 0.1) is 0 Å². The molecular formula is C21H30N4O2. The highest BCUT2D eigenvalue weighted by atomic mass is 16.5. The Labute approximate surface area is 161 Å². The van der Waals surface area contributed by atoms with Crippen LogP contribution in [0.1, 0.15) is 30.7 Å². The van der Waals surface area contributed by atoms with Crippen molar-refractivity contribution in [2.45, 2.75) is 39.3 Å². The van der Waals surface area contributed by atoms with Gasteiger partial charge in [0.2, 0.25) is 5.91 Å². The smallest absolute Gasteiger partial charge is 0.236 e. The molecule has 2 aromatic rings. The van der Waals surface area contributed by atoms with Crippen LogP contribution < -0.4 is 0 Å². The Balaban J connectivity index is 1.74. The van der Waals surface area contributed by atoms with Gasteiger partial charge in [0.25, 0.3) is 0 Å². The highest BCUT2D eigenvalue weighted by Crippen LogP contribution is 2.27. The van der Waals surface area contributed by atoms with Gasteiger partial charge in [-0.1, -0.05) is 18.2 Å². The van der Waals surface area contributed by atoms with Gasteiger partial charge >= 0.3 is 0 Å². The standard InChI is InChI=1S/C21H30N4O2/c1-15(2)24(3)13-20(26)25-10-8-18-19(9-11-25)22-23-21(18)17-7-5-6-16(12-17)14-27-4/h5-7,12,15H,8-11,13-14H2,1-4H3,(H,22,23). The molecule has 1 aromatic carbocycles. The van der Waals surface area contributed by atoms with Crippen molar-refractivity contribution in [3.63, 3.8) is 0 Å². The number of likely N-dealkylation sites (N-methyl/N-ethyl adjacent to an activating group) is 1. The molecule has 3 rings (SSSR count). The molecule has 27 heavy (non-hydrogen) atoms. The fourth-order valence-electron chi connectivity index (χ4n) is 3.44.